The van der Waals surface area contributed by atoms with Gasteiger partial charge in [0.25, 0.3) is 0 Å². The van der Waals surface area contributed by atoms with Gasteiger partial charge in [0.05, 0.1) is 24.6 Å². The van der Waals surface area contributed by atoms with E-state index in [1.807, 2.05) is 6.07 Å². The third-order valence-corrected chi connectivity index (χ3v) is 4.39. The lowest BCUT2D eigenvalue weighted by atomic mass is 9.80. The average molecular weight is 351 g/mol. The van der Waals surface area contributed by atoms with E-state index < -0.39 is 12.0 Å². The van der Waals surface area contributed by atoms with E-state index >= 15 is 0 Å². The molecule has 0 spiro atoms. The van der Waals surface area contributed by atoms with Crippen molar-refractivity contribution in [2.24, 2.45) is 0 Å². The molecular weight excluding hydrogens is 332 g/mol. The second-order valence-corrected chi connectivity index (χ2v) is 6.24. The number of nitrogens with two attached hydrogens (primary N) is 1. The minimum Gasteiger partial charge on any atom is -0.391 e. The second-order valence-electron chi connectivity index (χ2n) is 6.24. The molecule has 0 bridgehead atoms. The van der Waals surface area contributed by atoms with Crippen LogP contribution in [0.25, 0.3) is 5.52 Å². The SMILES string of the molecule is N#Cc1c(F)c2cnc(N)nn2c1C1CC(F)C1.OC1CCCOC1. The van der Waals surface area contributed by atoms with Crippen molar-refractivity contribution in [2.75, 3.05) is 18.9 Å². The molecule has 3 N–H and O–H groups in total. The smallest absolute Gasteiger partial charge is 0.238 e. The van der Waals surface area contributed by atoms with Crippen LogP contribution in [0.5, 0.6) is 0 Å². The Morgan fingerprint density at radius 2 is 2.20 bits per heavy atom. The maximum absolute atomic E-state index is 14.0. The standard InChI is InChI=1S/C11H9F2N5.C5H10O2/c12-6-1-5(2-6)10-7(3-14)9(13)8-4-16-11(15)17-18(8)10;6-5-2-1-3-7-4-5/h4-6H,1-2H2,(H2,15,17);5-6H,1-4H2. The lowest BCUT2D eigenvalue weighted by Gasteiger charge is -2.29. The van der Waals surface area contributed by atoms with Crippen LogP contribution in [0.4, 0.5) is 14.7 Å². The predicted molar refractivity (Wildman–Crippen MR) is 85.0 cm³/mol. The number of rotatable bonds is 1. The van der Waals surface area contributed by atoms with E-state index in [-0.39, 0.29) is 41.9 Å². The molecule has 1 aliphatic heterocycles. The molecule has 2 fully saturated rings. The Balaban J connectivity index is 0.000000219. The summed E-state index contributed by atoms with van der Waals surface area (Å²) in [5, 5.41) is 21.7. The number of anilines is 1. The van der Waals surface area contributed by atoms with Crippen LogP contribution >= 0.6 is 0 Å². The summed E-state index contributed by atoms with van der Waals surface area (Å²) in [7, 11) is 0. The highest BCUT2D eigenvalue weighted by atomic mass is 19.1. The van der Waals surface area contributed by atoms with Crippen molar-refractivity contribution in [3.05, 3.63) is 23.3 Å². The number of hydrogen-bond acceptors (Lipinski definition) is 6. The summed E-state index contributed by atoms with van der Waals surface area (Å²) in [5.74, 6) is -0.880. The molecule has 4 rings (SSSR count). The van der Waals surface area contributed by atoms with Crippen LogP contribution < -0.4 is 5.73 Å². The molecule has 1 saturated heterocycles. The van der Waals surface area contributed by atoms with Gasteiger partial charge >= 0.3 is 0 Å². The van der Waals surface area contributed by atoms with Crippen molar-refractivity contribution < 1.29 is 18.6 Å². The van der Waals surface area contributed by atoms with Gasteiger partial charge in [0.1, 0.15) is 23.3 Å². The maximum atomic E-state index is 14.0. The van der Waals surface area contributed by atoms with Gasteiger partial charge in [-0.2, -0.15) is 5.26 Å². The summed E-state index contributed by atoms with van der Waals surface area (Å²) < 4.78 is 33.1. The first kappa shape index (κ1) is 17.5. The Bertz CT molecular complexity index is 792. The Morgan fingerprint density at radius 3 is 2.72 bits per heavy atom. The van der Waals surface area contributed by atoms with Gasteiger partial charge in [0.15, 0.2) is 5.82 Å². The summed E-state index contributed by atoms with van der Waals surface area (Å²) in [4.78, 5) is 3.70. The quantitative estimate of drug-likeness (QED) is 0.809. The Kier molecular flexibility index (Phi) is 5.11. The summed E-state index contributed by atoms with van der Waals surface area (Å²) in [6.07, 6.45) is 2.64. The van der Waals surface area contributed by atoms with Gasteiger partial charge in [0, 0.05) is 12.5 Å². The van der Waals surface area contributed by atoms with E-state index in [1.54, 1.807) is 0 Å². The van der Waals surface area contributed by atoms with Crippen LogP contribution in [0.15, 0.2) is 6.20 Å². The van der Waals surface area contributed by atoms with Crippen molar-refractivity contribution in [3.8, 4) is 6.07 Å². The Hall–Kier alpha value is -2.31. The van der Waals surface area contributed by atoms with Crippen molar-refractivity contribution in [3.63, 3.8) is 0 Å². The van der Waals surface area contributed by atoms with Gasteiger partial charge in [-0.25, -0.2) is 18.3 Å². The molecule has 7 nitrogen and oxygen atoms in total. The number of aromatic nitrogens is 3. The predicted octanol–water partition coefficient (Wildman–Crippen LogP) is 1.70. The zero-order valence-electron chi connectivity index (χ0n) is 13.5. The number of aliphatic hydroxyl groups excluding tert-OH is 1. The monoisotopic (exact) mass is 351 g/mol. The minimum atomic E-state index is -0.894. The van der Waals surface area contributed by atoms with E-state index in [2.05, 4.69) is 10.1 Å². The molecule has 134 valence electrons. The molecule has 2 aromatic rings. The Morgan fingerprint density at radius 1 is 1.44 bits per heavy atom. The van der Waals surface area contributed by atoms with Crippen LogP contribution in [0, 0.1) is 17.1 Å². The number of nitrogen functional groups attached to an aromatic ring is 1. The van der Waals surface area contributed by atoms with E-state index in [1.165, 1.54) is 10.7 Å². The van der Waals surface area contributed by atoms with Gasteiger partial charge in [-0.05, 0) is 25.7 Å². The second kappa shape index (κ2) is 7.29. The molecule has 2 aliphatic rings. The minimum absolute atomic E-state index is 0.0145. The molecule has 9 heteroatoms. The highest BCUT2D eigenvalue weighted by Gasteiger charge is 2.36. The summed E-state index contributed by atoms with van der Waals surface area (Å²) in [5.41, 5.74) is 5.86. The van der Waals surface area contributed by atoms with Gasteiger partial charge in [-0.15, -0.1) is 5.10 Å². The first-order valence-electron chi connectivity index (χ1n) is 8.13. The van der Waals surface area contributed by atoms with Gasteiger partial charge < -0.3 is 15.6 Å². The van der Waals surface area contributed by atoms with Gasteiger partial charge in [-0.3, -0.25) is 0 Å². The maximum Gasteiger partial charge on any atom is 0.238 e. The topological polar surface area (TPSA) is 109 Å². The summed E-state index contributed by atoms with van der Waals surface area (Å²) >= 11 is 0. The third-order valence-electron chi connectivity index (χ3n) is 4.39. The van der Waals surface area contributed by atoms with Crippen LogP contribution in [-0.4, -0.2) is 45.2 Å². The van der Waals surface area contributed by atoms with Crippen LogP contribution in [0.3, 0.4) is 0 Å². The van der Waals surface area contributed by atoms with Crippen LogP contribution in [0.1, 0.15) is 42.9 Å². The first-order chi connectivity index (χ1) is 12.0. The zero-order valence-corrected chi connectivity index (χ0v) is 13.5. The highest BCUT2D eigenvalue weighted by molar-refractivity contribution is 5.58. The molecule has 2 aromatic heterocycles. The lowest BCUT2D eigenvalue weighted by Crippen LogP contribution is -2.25. The highest BCUT2D eigenvalue weighted by Crippen LogP contribution is 2.41. The molecule has 0 aromatic carbocycles. The largest absolute Gasteiger partial charge is 0.391 e. The number of alkyl halides is 1. The number of nitrogens with zero attached hydrogens (tertiary/aromatic N) is 4. The molecule has 0 radical (unpaired) electrons. The number of halogens is 2. The summed E-state index contributed by atoms with van der Waals surface area (Å²) in [6, 6.07) is 1.81. The van der Waals surface area contributed by atoms with Gasteiger partial charge in [-0.1, -0.05) is 0 Å². The van der Waals surface area contributed by atoms with Crippen molar-refractivity contribution in [1.82, 2.24) is 14.6 Å². The summed E-state index contributed by atoms with van der Waals surface area (Å²) in [6.45, 7) is 1.37. The number of fused-ring (bicyclic) bond motifs is 1. The molecule has 25 heavy (non-hydrogen) atoms. The molecule has 0 amide bonds. The van der Waals surface area contributed by atoms with E-state index in [0.717, 1.165) is 19.4 Å². The van der Waals surface area contributed by atoms with E-state index in [0.29, 0.717) is 12.3 Å². The molecule has 3 heterocycles. The van der Waals surface area contributed by atoms with Crippen molar-refractivity contribution >= 4 is 11.5 Å². The first-order valence-corrected chi connectivity index (χ1v) is 8.13. The number of ether oxygens (including phenoxy) is 1. The van der Waals surface area contributed by atoms with Crippen molar-refractivity contribution in [1.29, 1.82) is 5.26 Å². The molecular formula is C16H19F2N5O2. The number of aliphatic hydroxyl groups is 1. The van der Waals surface area contributed by atoms with Crippen molar-refractivity contribution in [2.45, 2.75) is 43.9 Å². The fraction of sp³-hybridized carbons (Fsp3) is 0.562. The molecule has 1 aliphatic carbocycles. The lowest BCUT2D eigenvalue weighted by molar-refractivity contribution is -0.00535. The van der Waals surface area contributed by atoms with E-state index in [4.69, 9.17) is 20.8 Å². The number of nitriles is 1. The normalized spacial score (nSPS) is 25.6. The fourth-order valence-electron chi connectivity index (χ4n) is 3.02. The fourth-order valence-corrected chi connectivity index (χ4v) is 3.02. The number of hydrogen-bond donors (Lipinski definition) is 2. The molecule has 1 atom stereocenters. The van der Waals surface area contributed by atoms with Crippen LogP contribution in [-0.2, 0) is 4.74 Å². The average Bonchev–Trinajstić information content (AvgIpc) is 2.84. The Labute approximate surface area is 143 Å². The van der Waals surface area contributed by atoms with E-state index in [9.17, 15) is 8.78 Å². The zero-order chi connectivity index (χ0) is 18.0. The van der Waals surface area contributed by atoms with Crippen LogP contribution in [0.2, 0.25) is 0 Å². The van der Waals surface area contributed by atoms with Gasteiger partial charge in [0.2, 0.25) is 5.95 Å². The third kappa shape index (κ3) is 3.55. The molecule has 1 saturated carbocycles. The molecule has 1 unspecified atom stereocenters.